The van der Waals surface area contributed by atoms with Crippen molar-refractivity contribution < 1.29 is 14.3 Å². The molecule has 7 heteroatoms. The standard InChI is InChI=1S/C18H30N4O3/c1-4-25-18(24)17-14(2)13-20-15(17)12-16(23)19-6-5-7-22-10-8-21(3)9-11-22/h13,20H,4-12H2,1-3H3,(H,19,23). The molecule has 1 saturated heterocycles. The number of hydrogen-bond acceptors (Lipinski definition) is 5. The monoisotopic (exact) mass is 350 g/mol. The zero-order valence-corrected chi connectivity index (χ0v) is 15.6. The Kier molecular flexibility index (Phi) is 7.46. The van der Waals surface area contributed by atoms with Crippen molar-refractivity contribution in [2.45, 2.75) is 26.7 Å². The van der Waals surface area contributed by atoms with Gasteiger partial charge < -0.3 is 24.8 Å². The van der Waals surface area contributed by atoms with Crippen LogP contribution in [0.1, 0.15) is 35.0 Å². The number of esters is 1. The number of rotatable bonds is 8. The van der Waals surface area contributed by atoms with Gasteiger partial charge in [-0.25, -0.2) is 4.79 Å². The van der Waals surface area contributed by atoms with Crippen LogP contribution in [0.2, 0.25) is 0 Å². The lowest BCUT2D eigenvalue weighted by Gasteiger charge is -2.32. The first-order valence-corrected chi connectivity index (χ1v) is 9.02. The quantitative estimate of drug-likeness (QED) is 0.536. The molecule has 2 heterocycles. The van der Waals surface area contributed by atoms with E-state index < -0.39 is 0 Å². The van der Waals surface area contributed by atoms with Gasteiger partial charge in [-0.2, -0.15) is 0 Å². The molecule has 0 aliphatic carbocycles. The van der Waals surface area contributed by atoms with Crippen molar-refractivity contribution in [3.05, 3.63) is 23.0 Å². The van der Waals surface area contributed by atoms with E-state index in [1.807, 2.05) is 6.92 Å². The lowest BCUT2D eigenvalue weighted by molar-refractivity contribution is -0.120. The molecule has 0 unspecified atom stereocenters. The molecule has 0 bridgehead atoms. The first kappa shape index (κ1) is 19.5. The zero-order valence-electron chi connectivity index (χ0n) is 15.6. The third-order valence-corrected chi connectivity index (χ3v) is 4.55. The molecule has 0 radical (unpaired) electrons. The zero-order chi connectivity index (χ0) is 18.2. The fourth-order valence-corrected chi connectivity index (χ4v) is 3.03. The van der Waals surface area contributed by atoms with Crippen LogP contribution in [0.5, 0.6) is 0 Å². The molecule has 25 heavy (non-hydrogen) atoms. The van der Waals surface area contributed by atoms with Gasteiger partial charge >= 0.3 is 5.97 Å². The average Bonchev–Trinajstić information content (AvgIpc) is 2.94. The van der Waals surface area contributed by atoms with Crippen LogP contribution in [0.25, 0.3) is 0 Å². The number of ether oxygens (including phenoxy) is 1. The predicted molar refractivity (Wildman–Crippen MR) is 96.8 cm³/mol. The molecule has 1 aliphatic rings. The van der Waals surface area contributed by atoms with Crippen LogP contribution in [-0.2, 0) is 16.0 Å². The molecule has 1 amide bonds. The van der Waals surface area contributed by atoms with Gasteiger partial charge in [0, 0.05) is 44.6 Å². The summed E-state index contributed by atoms with van der Waals surface area (Å²) in [5.41, 5.74) is 1.90. The van der Waals surface area contributed by atoms with Gasteiger partial charge in [-0.1, -0.05) is 0 Å². The summed E-state index contributed by atoms with van der Waals surface area (Å²) in [7, 11) is 2.14. The fraction of sp³-hybridized carbons (Fsp3) is 0.667. The molecule has 0 atom stereocenters. The number of piperazine rings is 1. The largest absolute Gasteiger partial charge is 0.462 e. The third-order valence-electron chi connectivity index (χ3n) is 4.55. The Morgan fingerprint density at radius 3 is 2.68 bits per heavy atom. The fourth-order valence-electron chi connectivity index (χ4n) is 3.03. The van der Waals surface area contributed by atoms with E-state index in [1.165, 1.54) is 0 Å². The Morgan fingerprint density at radius 1 is 1.28 bits per heavy atom. The van der Waals surface area contributed by atoms with Crippen molar-refractivity contribution in [1.29, 1.82) is 0 Å². The summed E-state index contributed by atoms with van der Waals surface area (Å²) in [5, 5.41) is 2.94. The number of nitrogens with zero attached hydrogens (tertiary/aromatic N) is 2. The Bertz CT molecular complexity index is 577. The summed E-state index contributed by atoms with van der Waals surface area (Å²) >= 11 is 0. The lowest BCUT2D eigenvalue weighted by atomic mass is 10.1. The molecule has 7 nitrogen and oxygen atoms in total. The van der Waals surface area contributed by atoms with Gasteiger partial charge in [-0.15, -0.1) is 0 Å². The summed E-state index contributed by atoms with van der Waals surface area (Å²) < 4.78 is 5.06. The van der Waals surface area contributed by atoms with Gasteiger partial charge in [0.05, 0.1) is 18.6 Å². The topological polar surface area (TPSA) is 77.7 Å². The number of hydrogen-bond donors (Lipinski definition) is 2. The number of nitrogens with one attached hydrogen (secondary N) is 2. The minimum Gasteiger partial charge on any atom is -0.462 e. The van der Waals surface area contributed by atoms with Crippen LogP contribution < -0.4 is 5.32 Å². The summed E-state index contributed by atoms with van der Waals surface area (Å²) in [6, 6.07) is 0. The molecule has 1 fully saturated rings. The Balaban J connectivity index is 1.73. The minimum absolute atomic E-state index is 0.0780. The van der Waals surface area contributed by atoms with Gasteiger partial charge in [-0.3, -0.25) is 4.79 Å². The van der Waals surface area contributed by atoms with E-state index in [0.717, 1.165) is 44.7 Å². The van der Waals surface area contributed by atoms with E-state index >= 15 is 0 Å². The number of carbonyl (C=O) groups excluding carboxylic acids is 2. The molecule has 0 aromatic carbocycles. The molecule has 2 N–H and O–H groups in total. The van der Waals surface area contributed by atoms with Crippen LogP contribution in [0.15, 0.2) is 6.20 Å². The molecule has 1 aromatic heterocycles. The van der Waals surface area contributed by atoms with Gasteiger partial charge in [0.2, 0.25) is 5.91 Å². The van der Waals surface area contributed by atoms with Crippen molar-refractivity contribution in [2.75, 3.05) is 52.9 Å². The summed E-state index contributed by atoms with van der Waals surface area (Å²) in [6.07, 6.45) is 2.84. The number of aryl methyl sites for hydroxylation is 1. The van der Waals surface area contributed by atoms with E-state index in [1.54, 1.807) is 13.1 Å². The highest BCUT2D eigenvalue weighted by Crippen LogP contribution is 2.15. The summed E-state index contributed by atoms with van der Waals surface area (Å²) in [6.45, 7) is 9.98. The second-order valence-electron chi connectivity index (χ2n) is 6.57. The molecule has 0 spiro atoms. The maximum atomic E-state index is 12.1. The van der Waals surface area contributed by atoms with Crippen molar-refractivity contribution in [2.24, 2.45) is 0 Å². The molecule has 1 aliphatic heterocycles. The summed E-state index contributed by atoms with van der Waals surface area (Å²) in [4.78, 5) is 31.9. The number of aromatic nitrogens is 1. The first-order chi connectivity index (χ1) is 12.0. The van der Waals surface area contributed by atoms with E-state index in [-0.39, 0.29) is 18.3 Å². The van der Waals surface area contributed by atoms with E-state index in [2.05, 4.69) is 27.1 Å². The van der Waals surface area contributed by atoms with Crippen LogP contribution in [-0.4, -0.2) is 79.6 Å². The van der Waals surface area contributed by atoms with E-state index in [0.29, 0.717) is 24.4 Å². The van der Waals surface area contributed by atoms with Crippen molar-refractivity contribution in [3.8, 4) is 0 Å². The normalized spacial score (nSPS) is 16.0. The summed E-state index contributed by atoms with van der Waals surface area (Å²) in [5.74, 6) is -0.454. The number of carbonyl (C=O) groups is 2. The van der Waals surface area contributed by atoms with E-state index in [4.69, 9.17) is 4.74 Å². The van der Waals surface area contributed by atoms with Crippen LogP contribution in [0.4, 0.5) is 0 Å². The molecular weight excluding hydrogens is 320 g/mol. The van der Waals surface area contributed by atoms with Crippen molar-refractivity contribution in [3.63, 3.8) is 0 Å². The Hall–Kier alpha value is -1.86. The number of amides is 1. The van der Waals surface area contributed by atoms with Gasteiger partial charge in [0.1, 0.15) is 0 Å². The highest BCUT2D eigenvalue weighted by molar-refractivity contribution is 5.94. The van der Waals surface area contributed by atoms with Crippen LogP contribution >= 0.6 is 0 Å². The highest BCUT2D eigenvalue weighted by Gasteiger charge is 2.19. The SMILES string of the molecule is CCOC(=O)c1c(C)c[nH]c1CC(=O)NCCCN1CCN(C)CC1. The molecule has 0 saturated carbocycles. The third kappa shape index (κ3) is 5.86. The molecule has 140 valence electrons. The van der Waals surface area contributed by atoms with Crippen molar-refractivity contribution >= 4 is 11.9 Å². The highest BCUT2D eigenvalue weighted by atomic mass is 16.5. The smallest absolute Gasteiger partial charge is 0.340 e. The van der Waals surface area contributed by atoms with Crippen LogP contribution in [0, 0.1) is 6.92 Å². The Morgan fingerprint density at radius 2 is 2.00 bits per heavy atom. The number of likely N-dealkylation sites (N-methyl/N-ethyl adjacent to an activating group) is 1. The molecule has 1 aromatic rings. The van der Waals surface area contributed by atoms with Crippen LogP contribution in [0.3, 0.4) is 0 Å². The maximum Gasteiger partial charge on any atom is 0.340 e. The first-order valence-electron chi connectivity index (χ1n) is 9.02. The molecular formula is C18H30N4O3. The average molecular weight is 350 g/mol. The minimum atomic E-state index is -0.376. The van der Waals surface area contributed by atoms with Gasteiger partial charge in [-0.05, 0) is 39.4 Å². The Labute approximate surface area is 149 Å². The van der Waals surface area contributed by atoms with Gasteiger partial charge in [0.15, 0.2) is 0 Å². The second kappa shape index (κ2) is 9.58. The predicted octanol–water partition coefficient (Wildman–Crippen LogP) is 0.796. The maximum absolute atomic E-state index is 12.1. The number of aromatic amines is 1. The van der Waals surface area contributed by atoms with Crippen molar-refractivity contribution in [1.82, 2.24) is 20.1 Å². The molecule has 2 rings (SSSR count). The number of H-pyrrole nitrogens is 1. The lowest BCUT2D eigenvalue weighted by Crippen LogP contribution is -2.45. The van der Waals surface area contributed by atoms with Gasteiger partial charge in [0.25, 0.3) is 0 Å². The second-order valence-corrected chi connectivity index (χ2v) is 6.57. The van der Waals surface area contributed by atoms with E-state index in [9.17, 15) is 9.59 Å².